The molecule has 6 heteroatoms. The Morgan fingerprint density at radius 1 is 1.43 bits per heavy atom. The Balaban J connectivity index is 3.43. The number of hydrogen-bond donors (Lipinski definition) is 4. The third-order valence-electron chi connectivity index (χ3n) is 1.72. The van der Waals surface area contributed by atoms with Crippen molar-refractivity contribution in [3.8, 4) is 0 Å². The second kappa shape index (κ2) is 7.28. The average molecular weight is 203 g/mol. The number of aliphatic hydroxyl groups excluding tert-OH is 1. The van der Waals surface area contributed by atoms with Gasteiger partial charge in [0.25, 0.3) is 0 Å². The van der Waals surface area contributed by atoms with E-state index in [-0.39, 0.29) is 12.4 Å². The number of aliphatic hydroxyl groups is 1. The number of aliphatic imine (C=N–C) groups is 1. The predicted octanol–water partition coefficient (Wildman–Crippen LogP) is -1.08. The van der Waals surface area contributed by atoms with Gasteiger partial charge < -0.3 is 21.7 Å². The van der Waals surface area contributed by atoms with Gasteiger partial charge >= 0.3 is 5.97 Å². The standard InChI is InChI=1S/C8H17N3O3/c9-6(8(13)14)3-1-2-4-11-7(10)5-12/h6,12H,1-5,9H2,(H2,10,11)(H,13,14). The fourth-order valence-corrected chi connectivity index (χ4v) is 0.872. The van der Waals surface area contributed by atoms with Crippen LogP contribution in [0.4, 0.5) is 0 Å². The van der Waals surface area contributed by atoms with Crippen LogP contribution in [0.15, 0.2) is 4.99 Å². The predicted molar refractivity (Wildman–Crippen MR) is 53.0 cm³/mol. The van der Waals surface area contributed by atoms with Crippen molar-refractivity contribution >= 4 is 11.8 Å². The summed E-state index contributed by atoms with van der Waals surface area (Å²) >= 11 is 0. The van der Waals surface area contributed by atoms with E-state index in [1.807, 2.05) is 0 Å². The summed E-state index contributed by atoms with van der Waals surface area (Å²) in [5, 5.41) is 17.0. The molecule has 0 aromatic rings. The largest absolute Gasteiger partial charge is 0.480 e. The molecule has 0 amide bonds. The maximum atomic E-state index is 10.3. The topological polar surface area (TPSA) is 122 Å². The molecule has 6 N–H and O–H groups in total. The molecular weight excluding hydrogens is 186 g/mol. The Bertz CT molecular complexity index is 206. The monoisotopic (exact) mass is 203 g/mol. The minimum absolute atomic E-state index is 0.201. The number of aliphatic carboxylic acids is 1. The van der Waals surface area contributed by atoms with Crippen molar-refractivity contribution in [1.82, 2.24) is 0 Å². The molecule has 0 aromatic carbocycles. The molecule has 1 atom stereocenters. The molecule has 0 aliphatic heterocycles. The molecule has 0 radical (unpaired) electrons. The van der Waals surface area contributed by atoms with Crippen LogP contribution in [0.3, 0.4) is 0 Å². The first-order chi connectivity index (χ1) is 6.57. The molecule has 0 saturated heterocycles. The SMILES string of the molecule is NC(CO)=NCCCCC(N)C(=O)O. The fraction of sp³-hybridized carbons (Fsp3) is 0.750. The Hall–Kier alpha value is -1.14. The van der Waals surface area contributed by atoms with E-state index < -0.39 is 12.0 Å². The summed E-state index contributed by atoms with van der Waals surface area (Å²) in [5.41, 5.74) is 10.5. The number of hydrogen-bond acceptors (Lipinski definition) is 4. The first kappa shape index (κ1) is 12.9. The van der Waals surface area contributed by atoms with E-state index in [0.29, 0.717) is 19.4 Å². The Labute approximate surface area is 82.6 Å². The number of unbranched alkanes of at least 4 members (excludes halogenated alkanes) is 1. The fourth-order valence-electron chi connectivity index (χ4n) is 0.872. The van der Waals surface area contributed by atoms with Gasteiger partial charge in [-0.3, -0.25) is 9.79 Å². The number of carbonyl (C=O) groups is 1. The summed E-state index contributed by atoms with van der Waals surface area (Å²) < 4.78 is 0. The zero-order chi connectivity index (χ0) is 11.0. The number of nitrogens with two attached hydrogens (primary N) is 2. The lowest BCUT2D eigenvalue weighted by atomic mass is 10.1. The first-order valence-corrected chi connectivity index (χ1v) is 4.46. The Morgan fingerprint density at radius 2 is 2.07 bits per heavy atom. The second-order valence-corrected chi connectivity index (χ2v) is 2.97. The molecule has 0 aromatic heterocycles. The second-order valence-electron chi connectivity index (χ2n) is 2.97. The highest BCUT2D eigenvalue weighted by Crippen LogP contribution is 1.99. The first-order valence-electron chi connectivity index (χ1n) is 4.46. The van der Waals surface area contributed by atoms with E-state index in [9.17, 15) is 4.79 Å². The van der Waals surface area contributed by atoms with Crippen molar-refractivity contribution in [2.24, 2.45) is 16.5 Å². The molecule has 0 saturated carbocycles. The van der Waals surface area contributed by atoms with Crippen molar-refractivity contribution in [3.05, 3.63) is 0 Å². The van der Waals surface area contributed by atoms with E-state index in [2.05, 4.69) is 4.99 Å². The highest BCUT2D eigenvalue weighted by molar-refractivity contribution is 5.81. The van der Waals surface area contributed by atoms with Crippen LogP contribution in [0.1, 0.15) is 19.3 Å². The number of rotatable bonds is 7. The van der Waals surface area contributed by atoms with Crippen molar-refractivity contribution < 1.29 is 15.0 Å². The van der Waals surface area contributed by atoms with Gasteiger partial charge in [-0.05, 0) is 19.3 Å². The lowest BCUT2D eigenvalue weighted by molar-refractivity contribution is -0.138. The molecule has 0 heterocycles. The van der Waals surface area contributed by atoms with Crippen LogP contribution in [-0.4, -0.2) is 41.2 Å². The number of carboxylic acid groups (broad SMARTS) is 1. The van der Waals surface area contributed by atoms with E-state index in [0.717, 1.165) is 6.42 Å². The summed E-state index contributed by atoms with van der Waals surface area (Å²) in [7, 11) is 0. The van der Waals surface area contributed by atoms with Crippen molar-refractivity contribution in [3.63, 3.8) is 0 Å². The van der Waals surface area contributed by atoms with Crippen LogP contribution in [0.25, 0.3) is 0 Å². The third-order valence-corrected chi connectivity index (χ3v) is 1.72. The minimum atomic E-state index is -0.983. The number of nitrogens with zero attached hydrogens (tertiary/aromatic N) is 1. The van der Waals surface area contributed by atoms with Crippen LogP contribution in [-0.2, 0) is 4.79 Å². The van der Waals surface area contributed by atoms with E-state index in [1.54, 1.807) is 0 Å². The molecule has 0 aliphatic rings. The van der Waals surface area contributed by atoms with Crippen LogP contribution in [0.2, 0.25) is 0 Å². The molecule has 0 bridgehead atoms. The molecule has 14 heavy (non-hydrogen) atoms. The van der Waals surface area contributed by atoms with Crippen molar-refractivity contribution in [1.29, 1.82) is 0 Å². The van der Waals surface area contributed by atoms with Crippen LogP contribution >= 0.6 is 0 Å². The third kappa shape index (κ3) is 6.38. The van der Waals surface area contributed by atoms with Gasteiger partial charge in [0.1, 0.15) is 18.5 Å². The maximum Gasteiger partial charge on any atom is 0.320 e. The molecule has 0 aliphatic carbocycles. The number of carboxylic acids is 1. The lowest BCUT2D eigenvalue weighted by Gasteiger charge is -2.04. The van der Waals surface area contributed by atoms with Gasteiger partial charge in [-0.1, -0.05) is 0 Å². The molecule has 6 nitrogen and oxygen atoms in total. The zero-order valence-electron chi connectivity index (χ0n) is 8.02. The smallest absolute Gasteiger partial charge is 0.320 e. The molecule has 0 spiro atoms. The Morgan fingerprint density at radius 3 is 2.57 bits per heavy atom. The zero-order valence-corrected chi connectivity index (χ0v) is 8.02. The molecule has 0 rings (SSSR count). The average Bonchev–Trinajstić information content (AvgIpc) is 2.16. The van der Waals surface area contributed by atoms with Crippen LogP contribution < -0.4 is 11.5 Å². The summed E-state index contributed by atoms with van der Waals surface area (Å²) in [5.74, 6) is -0.782. The van der Waals surface area contributed by atoms with Gasteiger partial charge in [0.05, 0.1) is 0 Å². The molecular formula is C8H17N3O3. The van der Waals surface area contributed by atoms with Gasteiger partial charge in [0, 0.05) is 6.54 Å². The van der Waals surface area contributed by atoms with Crippen LogP contribution in [0.5, 0.6) is 0 Å². The summed E-state index contributed by atoms with van der Waals surface area (Å²) in [6.45, 7) is 0.257. The van der Waals surface area contributed by atoms with Gasteiger partial charge in [0.15, 0.2) is 0 Å². The summed E-state index contributed by atoms with van der Waals surface area (Å²) in [6.07, 6.45) is 1.85. The highest BCUT2D eigenvalue weighted by atomic mass is 16.4. The number of amidine groups is 1. The van der Waals surface area contributed by atoms with Crippen LogP contribution in [0, 0.1) is 0 Å². The van der Waals surface area contributed by atoms with E-state index in [4.69, 9.17) is 21.7 Å². The molecule has 0 fully saturated rings. The van der Waals surface area contributed by atoms with E-state index in [1.165, 1.54) is 0 Å². The summed E-state index contributed by atoms with van der Waals surface area (Å²) in [4.78, 5) is 14.2. The van der Waals surface area contributed by atoms with Gasteiger partial charge in [-0.15, -0.1) is 0 Å². The Kier molecular flexibility index (Phi) is 6.69. The van der Waals surface area contributed by atoms with Gasteiger partial charge in [-0.2, -0.15) is 0 Å². The summed E-state index contributed by atoms with van der Waals surface area (Å²) in [6, 6.07) is -0.797. The van der Waals surface area contributed by atoms with Crippen molar-refractivity contribution in [2.45, 2.75) is 25.3 Å². The highest BCUT2D eigenvalue weighted by Gasteiger charge is 2.09. The molecule has 82 valence electrons. The quantitative estimate of drug-likeness (QED) is 0.238. The van der Waals surface area contributed by atoms with Crippen molar-refractivity contribution in [2.75, 3.05) is 13.2 Å². The maximum absolute atomic E-state index is 10.3. The normalized spacial score (nSPS) is 14.0. The molecule has 1 unspecified atom stereocenters. The van der Waals surface area contributed by atoms with E-state index >= 15 is 0 Å². The van der Waals surface area contributed by atoms with Gasteiger partial charge in [0.2, 0.25) is 0 Å². The van der Waals surface area contributed by atoms with Gasteiger partial charge in [-0.25, -0.2) is 0 Å². The minimum Gasteiger partial charge on any atom is -0.480 e. The lowest BCUT2D eigenvalue weighted by Crippen LogP contribution is -2.29.